The Kier molecular flexibility index (Phi) is 3.83. The Balaban J connectivity index is 1.70. The fourth-order valence-electron chi connectivity index (χ4n) is 5.90. The minimum absolute atomic E-state index is 0.0140. The molecule has 0 radical (unpaired) electrons. The summed E-state index contributed by atoms with van der Waals surface area (Å²) in [5.41, 5.74) is 1.69. The third-order valence-corrected chi connectivity index (χ3v) is 9.78. The van der Waals surface area contributed by atoms with Crippen LogP contribution >= 0.6 is 0 Å². The van der Waals surface area contributed by atoms with E-state index in [1.165, 1.54) is 0 Å². The Bertz CT molecular complexity index is 1090. The summed E-state index contributed by atoms with van der Waals surface area (Å²) in [6.07, 6.45) is 3.82. The minimum atomic E-state index is -3.74. The van der Waals surface area contributed by atoms with Gasteiger partial charge in [-0.2, -0.15) is 0 Å². The second-order valence-corrected chi connectivity index (χ2v) is 11.3. The van der Waals surface area contributed by atoms with Crippen molar-refractivity contribution in [1.29, 1.82) is 0 Å². The molecule has 2 fully saturated rings. The molecule has 2 aromatic rings. The molecular weight excluding hydrogens is 382 g/mol. The molecule has 1 aromatic carbocycles. The molecule has 1 aromatic heterocycles. The molecule has 2 bridgehead atoms. The van der Waals surface area contributed by atoms with Crippen LogP contribution in [0.15, 0.2) is 58.5 Å². The molecule has 152 valence electrons. The topological polar surface area (TPSA) is 62.6 Å². The number of fused-ring (bicyclic) bond motifs is 5. The van der Waals surface area contributed by atoms with Gasteiger partial charge in [0.05, 0.1) is 17.0 Å². The third-order valence-electron chi connectivity index (χ3n) is 7.97. The number of sulfonamides is 1. The molecule has 1 aliphatic heterocycles. The zero-order chi connectivity index (χ0) is 20.6. The largest absolute Gasteiger partial charge is 0.265 e. The first kappa shape index (κ1) is 18.8. The number of hydrogen-bond donors (Lipinski definition) is 0. The summed E-state index contributed by atoms with van der Waals surface area (Å²) in [6, 6.07) is 12.5. The van der Waals surface area contributed by atoms with Gasteiger partial charge in [-0.05, 0) is 60.8 Å². The van der Waals surface area contributed by atoms with E-state index < -0.39 is 10.0 Å². The van der Waals surface area contributed by atoms with Gasteiger partial charge >= 0.3 is 0 Å². The number of nitrogens with zero attached hydrogens (tertiary/aromatic N) is 3. The molecule has 0 N–H and O–H groups in total. The monoisotopic (exact) mass is 409 g/mol. The number of aryl methyl sites for hydroxylation is 1. The lowest BCUT2D eigenvalue weighted by molar-refractivity contribution is 0.137. The highest BCUT2D eigenvalue weighted by Crippen LogP contribution is 2.69. The molecule has 0 saturated heterocycles. The molecule has 3 aliphatic rings. The van der Waals surface area contributed by atoms with Crippen molar-refractivity contribution in [2.75, 3.05) is 0 Å². The first-order valence-corrected chi connectivity index (χ1v) is 11.7. The van der Waals surface area contributed by atoms with Crippen LogP contribution in [0.1, 0.15) is 44.9 Å². The molecule has 2 saturated carbocycles. The summed E-state index contributed by atoms with van der Waals surface area (Å²) in [5, 5.41) is 0. The van der Waals surface area contributed by atoms with E-state index in [-0.39, 0.29) is 28.8 Å². The molecule has 0 amide bonds. The van der Waals surface area contributed by atoms with Gasteiger partial charge in [-0.1, -0.05) is 44.5 Å². The highest BCUT2D eigenvalue weighted by molar-refractivity contribution is 7.89. The zero-order valence-electron chi connectivity index (χ0n) is 17.3. The van der Waals surface area contributed by atoms with Crippen LogP contribution in [0.25, 0.3) is 0 Å². The van der Waals surface area contributed by atoms with Gasteiger partial charge in [-0.3, -0.25) is 9.98 Å². The average Bonchev–Trinajstić information content (AvgIpc) is 3.25. The predicted octanol–water partition coefficient (Wildman–Crippen LogP) is 4.03. The van der Waals surface area contributed by atoms with E-state index in [0.717, 1.165) is 18.4 Å². The standard InChI is InChI=1S/C23H27N3O2S/c1-15-8-10-16(11-9-15)29(27,28)26-19-17-12-13-23(4,22(17,2)3)20(19)25-21(26)18-7-5-6-14-24-18/h5-11,14,17,19-20H,12-13H2,1-4H3/t17-,19-,20-,23+/m1/s1. The normalized spacial score (nSPS) is 32.3. The fourth-order valence-corrected chi connectivity index (χ4v) is 7.56. The zero-order valence-corrected chi connectivity index (χ0v) is 18.1. The van der Waals surface area contributed by atoms with Crippen LogP contribution in [-0.4, -0.2) is 35.6 Å². The van der Waals surface area contributed by atoms with Crippen LogP contribution in [0.3, 0.4) is 0 Å². The fraction of sp³-hybridized carbons (Fsp3) is 0.478. The lowest BCUT2D eigenvalue weighted by Gasteiger charge is -2.36. The highest BCUT2D eigenvalue weighted by atomic mass is 32.2. The Morgan fingerprint density at radius 3 is 2.45 bits per heavy atom. The number of aliphatic imine (C=N–C) groups is 1. The summed E-state index contributed by atoms with van der Waals surface area (Å²) in [4.78, 5) is 9.83. The average molecular weight is 410 g/mol. The van der Waals surface area contributed by atoms with Crippen molar-refractivity contribution < 1.29 is 8.42 Å². The first-order chi connectivity index (χ1) is 13.7. The Labute approximate surface area is 172 Å². The van der Waals surface area contributed by atoms with Gasteiger partial charge in [0.2, 0.25) is 0 Å². The van der Waals surface area contributed by atoms with E-state index in [1.54, 1.807) is 22.6 Å². The molecular formula is C23H27N3O2S. The van der Waals surface area contributed by atoms with Gasteiger partial charge in [0.15, 0.2) is 5.84 Å². The van der Waals surface area contributed by atoms with Crippen LogP contribution in [0.5, 0.6) is 0 Å². The second kappa shape index (κ2) is 5.91. The smallest absolute Gasteiger partial charge is 0.260 e. The SMILES string of the molecule is Cc1ccc(S(=O)(=O)N2C(c3ccccn3)=N[C@@H]3[C@H]2[C@H]2CC[C@]3(C)C2(C)C)cc1. The molecule has 0 spiro atoms. The van der Waals surface area contributed by atoms with Crippen molar-refractivity contribution in [3.05, 3.63) is 59.9 Å². The van der Waals surface area contributed by atoms with Crippen molar-refractivity contribution in [3.63, 3.8) is 0 Å². The van der Waals surface area contributed by atoms with Gasteiger partial charge in [-0.15, -0.1) is 0 Å². The van der Waals surface area contributed by atoms with Crippen LogP contribution in [-0.2, 0) is 10.0 Å². The van der Waals surface area contributed by atoms with E-state index >= 15 is 0 Å². The second-order valence-electron chi connectivity index (χ2n) is 9.50. The number of rotatable bonds is 3. The summed E-state index contributed by atoms with van der Waals surface area (Å²) in [6.45, 7) is 8.83. The van der Waals surface area contributed by atoms with E-state index in [9.17, 15) is 8.42 Å². The Hall–Kier alpha value is -2.21. The van der Waals surface area contributed by atoms with Gasteiger partial charge in [0.25, 0.3) is 10.0 Å². The summed E-state index contributed by atoms with van der Waals surface area (Å²) in [7, 11) is -3.74. The molecule has 2 heterocycles. The van der Waals surface area contributed by atoms with Crippen molar-refractivity contribution in [3.8, 4) is 0 Å². The first-order valence-electron chi connectivity index (χ1n) is 10.3. The van der Waals surface area contributed by atoms with Crippen LogP contribution < -0.4 is 0 Å². The maximum atomic E-state index is 13.9. The van der Waals surface area contributed by atoms with E-state index in [1.807, 2.05) is 37.3 Å². The Morgan fingerprint density at radius 2 is 1.79 bits per heavy atom. The number of pyridine rings is 1. The van der Waals surface area contributed by atoms with Crippen LogP contribution in [0.2, 0.25) is 0 Å². The maximum absolute atomic E-state index is 13.9. The highest BCUT2D eigenvalue weighted by Gasteiger charge is 2.71. The van der Waals surface area contributed by atoms with Crippen LogP contribution in [0.4, 0.5) is 0 Å². The van der Waals surface area contributed by atoms with E-state index in [2.05, 4.69) is 25.8 Å². The number of hydrogen-bond acceptors (Lipinski definition) is 4. The van der Waals surface area contributed by atoms with Gasteiger partial charge < -0.3 is 0 Å². The van der Waals surface area contributed by atoms with Crippen molar-refractivity contribution >= 4 is 15.9 Å². The molecule has 4 atom stereocenters. The predicted molar refractivity (Wildman–Crippen MR) is 113 cm³/mol. The molecule has 29 heavy (non-hydrogen) atoms. The summed E-state index contributed by atoms with van der Waals surface area (Å²) < 4.78 is 29.4. The lowest BCUT2D eigenvalue weighted by atomic mass is 9.69. The van der Waals surface area contributed by atoms with Crippen LogP contribution in [0, 0.1) is 23.7 Å². The van der Waals surface area contributed by atoms with Gasteiger partial charge in [0, 0.05) is 6.20 Å². The molecule has 5 nitrogen and oxygen atoms in total. The van der Waals surface area contributed by atoms with Gasteiger partial charge in [0.1, 0.15) is 5.69 Å². The third kappa shape index (κ3) is 2.35. The number of aromatic nitrogens is 1. The Morgan fingerprint density at radius 1 is 1.07 bits per heavy atom. The summed E-state index contributed by atoms with van der Waals surface area (Å²) >= 11 is 0. The lowest BCUT2D eigenvalue weighted by Crippen LogP contribution is -2.48. The van der Waals surface area contributed by atoms with E-state index in [4.69, 9.17) is 4.99 Å². The minimum Gasteiger partial charge on any atom is -0.260 e. The molecule has 6 heteroatoms. The quantitative estimate of drug-likeness (QED) is 0.769. The molecule has 0 unspecified atom stereocenters. The maximum Gasteiger partial charge on any atom is 0.265 e. The number of amidine groups is 1. The molecule has 5 rings (SSSR count). The van der Waals surface area contributed by atoms with Crippen molar-refractivity contribution in [2.45, 2.75) is 57.5 Å². The molecule has 2 aliphatic carbocycles. The van der Waals surface area contributed by atoms with Crippen molar-refractivity contribution in [1.82, 2.24) is 9.29 Å². The summed E-state index contributed by atoms with van der Waals surface area (Å²) in [5.74, 6) is 0.775. The van der Waals surface area contributed by atoms with Crippen molar-refractivity contribution in [2.24, 2.45) is 21.7 Å². The number of benzene rings is 1. The van der Waals surface area contributed by atoms with E-state index in [0.29, 0.717) is 16.4 Å². The van der Waals surface area contributed by atoms with Gasteiger partial charge in [-0.25, -0.2) is 12.7 Å².